The Morgan fingerprint density at radius 2 is 1.70 bits per heavy atom. The second-order valence-corrected chi connectivity index (χ2v) is 7.02. The predicted molar refractivity (Wildman–Crippen MR) is 85.3 cm³/mol. The van der Waals surface area contributed by atoms with E-state index >= 15 is 0 Å². The fraction of sp³-hybridized carbons (Fsp3) is 0.0625. The van der Waals surface area contributed by atoms with E-state index < -0.39 is 38.4 Å². The van der Waals surface area contributed by atoms with Crippen molar-refractivity contribution in [2.75, 3.05) is 0 Å². The molecule has 0 unspecified atom stereocenters. The van der Waals surface area contributed by atoms with Crippen LogP contribution in [0.5, 0.6) is 0 Å². The van der Waals surface area contributed by atoms with Crippen LogP contribution in [-0.2, 0) is 16.2 Å². The number of hydrogen-bond acceptors (Lipinski definition) is 3. The minimum atomic E-state index is -4.80. The van der Waals surface area contributed by atoms with Gasteiger partial charge in [-0.05, 0) is 36.4 Å². The summed E-state index contributed by atoms with van der Waals surface area (Å²) in [5.74, 6) is -1.95. The standard InChI is InChI=1S/C16H10F5N3O2S/c17-10-2-1-3-11(7-10)24-13(8-15(23-24)16(19,20)21)9-4-5-14(12(18)6-9)27(22,25)26/h1-8H,(H2,22,25,26). The molecule has 2 aromatic carbocycles. The van der Waals surface area contributed by atoms with Gasteiger partial charge in [0.25, 0.3) is 0 Å². The van der Waals surface area contributed by atoms with Crippen molar-refractivity contribution in [3.05, 3.63) is 65.9 Å². The van der Waals surface area contributed by atoms with Crippen molar-refractivity contribution >= 4 is 10.0 Å². The molecule has 11 heteroatoms. The number of benzene rings is 2. The van der Waals surface area contributed by atoms with Crippen molar-refractivity contribution in [1.82, 2.24) is 9.78 Å². The van der Waals surface area contributed by atoms with Gasteiger partial charge in [0.15, 0.2) is 5.69 Å². The maximum absolute atomic E-state index is 14.1. The van der Waals surface area contributed by atoms with Crippen molar-refractivity contribution in [3.63, 3.8) is 0 Å². The lowest BCUT2D eigenvalue weighted by atomic mass is 10.1. The summed E-state index contributed by atoms with van der Waals surface area (Å²) >= 11 is 0. The highest BCUT2D eigenvalue weighted by Gasteiger charge is 2.35. The summed E-state index contributed by atoms with van der Waals surface area (Å²) in [6.45, 7) is 0. The number of hydrogen-bond donors (Lipinski definition) is 1. The Morgan fingerprint density at radius 3 is 2.26 bits per heavy atom. The number of sulfonamides is 1. The first-order valence-electron chi connectivity index (χ1n) is 7.23. The molecule has 0 atom stereocenters. The number of rotatable bonds is 3. The minimum Gasteiger partial charge on any atom is -0.232 e. The van der Waals surface area contributed by atoms with E-state index in [1.165, 1.54) is 12.1 Å². The Morgan fingerprint density at radius 1 is 1.00 bits per heavy atom. The average molecular weight is 403 g/mol. The highest BCUT2D eigenvalue weighted by molar-refractivity contribution is 7.89. The molecule has 0 bridgehead atoms. The van der Waals surface area contributed by atoms with Crippen LogP contribution in [-0.4, -0.2) is 18.2 Å². The highest BCUT2D eigenvalue weighted by atomic mass is 32.2. The molecule has 0 aliphatic heterocycles. The molecular weight excluding hydrogens is 393 g/mol. The quantitative estimate of drug-likeness (QED) is 0.680. The first-order valence-corrected chi connectivity index (χ1v) is 8.77. The Labute approximate surface area is 149 Å². The Bertz CT molecular complexity index is 1120. The molecule has 0 fully saturated rings. The fourth-order valence-corrected chi connectivity index (χ4v) is 3.01. The molecule has 0 aliphatic rings. The van der Waals surface area contributed by atoms with E-state index in [2.05, 4.69) is 5.10 Å². The third-order valence-electron chi connectivity index (χ3n) is 3.59. The Kier molecular flexibility index (Phi) is 4.52. The van der Waals surface area contributed by atoms with Gasteiger partial charge < -0.3 is 0 Å². The zero-order valence-electron chi connectivity index (χ0n) is 13.2. The topological polar surface area (TPSA) is 78.0 Å². The van der Waals surface area contributed by atoms with Crippen LogP contribution in [0.1, 0.15) is 5.69 Å². The first-order chi connectivity index (χ1) is 12.5. The number of halogens is 5. The Hall–Kier alpha value is -2.79. The van der Waals surface area contributed by atoms with Crippen molar-refractivity contribution in [1.29, 1.82) is 0 Å². The lowest BCUT2D eigenvalue weighted by Gasteiger charge is -2.09. The molecule has 3 rings (SSSR count). The van der Waals surface area contributed by atoms with Crippen LogP contribution in [0.15, 0.2) is 53.4 Å². The molecule has 27 heavy (non-hydrogen) atoms. The summed E-state index contributed by atoms with van der Waals surface area (Å²) in [6, 6.07) is 7.90. The molecule has 2 N–H and O–H groups in total. The van der Waals surface area contributed by atoms with Gasteiger partial charge in [0.05, 0.1) is 11.4 Å². The zero-order valence-corrected chi connectivity index (χ0v) is 14.0. The highest BCUT2D eigenvalue weighted by Crippen LogP contribution is 2.34. The van der Waals surface area contributed by atoms with Gasteiger partial charge in [-0.1, -0.05) is 12.1 Å². The van der Waals surface area contributed by atoms with Crippen molar-refractivity contribution < 1.29 is 30.4 Å². The minimum absolute atomic E-state index is 0.0311. The summed E-state index contributed by atoms with van der Waals surface area (Å²) in [7, 11) is -4.35. The van der Waals surface area contributed by atoms with E-state index in [1.807, 2.05) is 0 Å². The van der Waals surface area contributed by atoms with E-state index in [4.69, 9.17) is 5.14 Å². The maximum atomic E-state index is 14.1. The second kappa shape index (κ2) is 6.43. The van der Waals surface area contributed by atoms with Gasteiger partial charge in [-0.3, -0.25) is 0 Å². The maximum Gasteiger partial charge on any atom is 0.435 e. The fourth-order valence-electron chi connectivity index (χ4n) is 2.42. The smallest absolute Gasteiger partial charge is 0.232 e. The number of nitrogens with two attached hydrogens (primary N) is 1. The van der Waals surface area contributed by atoms with Crippen LogP contribution in [0.3, 0.4) is 0 Å². The summed E-state index contributed by atoms with van der Waals surface area (Å²) < 4.78 is 90.2. The summed E-state index contributed by atoms with van der Waals surface area (Å²) in [6.07, 6.45) is -4.80. The van der Waals surface area contributed by atoms with Crippen LogP contribution >= 0.6 is 0 Å². The van der Waals surface area contributed by atoms with Gasteiger partial charge in [-0.2, -0.15) is 18.3 Å². The second-order valence-electron chi connectivity index (χ2n) is 5.49. The third kappa shape index (κ3) is 3.83. The summed E-state index contributed by atoms with van der Waals surface area (Å²) in [4.78, 5) is -0.806. The molecule has 142 valence electrons. The third-order valence-corrected chi connectivity index (χ3v) is 4.53. The first kappa shape index (κ1) is 19.0. The van der Waals surface area contributed by atoms with Crippen LogP contribution in [0, 0.1) is 11.6 Å². The molecule has 1 heterocycles. The zero-order chi connectivity index (χ0) is 20.0. The van der Waals surface area contributed by atoms with Gasteiger partial charge in [-0.15, -0.1) is 0 Å². The average Bonchev–Trinajstić information content (AvgIpc) is 2.99. The van der Waals surface area contributed by atoms with Gasteiger partial charge in [0, 0.05) is 5.56 Å². The monoisotopic (exact) mass is 403 g/mol. The van der Waals surface area contributed by atoms with Crippen LogP contribution in [0.2, 0.25) is 0 Å². The van der Waals surface area contributed by atoms with Gasteiger partial charge in [0.2, 0.25) is 10.0 Å². The molecule has 0 saturated carbocycles. The predicted octanol–water partition coefficient (Wildman–Crippen LogP) is 3.48. The molecular formula is C16H10F5N3O2S. The molecule has 0 radical (unpaired) electrons. The molecule has 0 aliphatic carbocycles. The number of alkyl halides is 3. The SMILES string of the molecule is NS(=O)(=O)c1ccc(-c2cc(C(F)(F)F)nn2-c2cccc(F)c2)cc1F. The van der Waals surface area contributed by atoms with E-state index in [0.29, 0.717) is 12.1 Å². The van der Waals surface area contributed by atoms with Crippen LogP contribution in [0.25, 0.3) is 16.9 Å². The lowest BCUT2D eigenvalue weighted by Crippen LogP contribution is -2.14. The summed E-state index contributed by atoms with van der Waals surface area (Å²) in [5, 5.41) is 8.30. The van der Waals surface area contributed by atoms with Crippen LogP contribution in [0.4, 0.5) is 22.0 Å². The van der Waals surface area contributed by atoms with E-state index in [1.54, 1.807) is 0 Å². The number of primary sulfonamides is 1. The van der Waals surface area contributed by atoms with Crippen LogP contribution < -0.4 is 5.14 Å². The van der Waals surface area contributed by atoms with Crippen molar-refractivity contribution in [3.8, 4) is 16.9 Å². The normalized spacial score (nSPS) is 12.4. The van der Waals surface area contributed by atoms with E-state index in [9.17, 15) is 30.4 Å². The molecule has 5 nitrogen and oxygen atoms in total. The summed E-state index contributed by atoms with van der Waals surface area (Å²) in [5.41, 5.74) is -1.63. The molecule has 0 amide bonds. The number of nitrogens with zero attached hydrogens (tertiary/aromatic N) is 2. The van der Waals surface area contributed by atoms with E-state index in [0.717, 1.165) is 28.9 Å². The van der Waals surface area contributed by atoms with Gasteiger partial charge in [0.1, 0.15) is 16.5 Å². The molecule has 3 aromatic rings. The molecule has 0 spiro atoms. The number of aromatic nitrogens is 2. The van der Waals surface area contributed by atoms with Crippen molar-refractivity contribution in [2.45, 2.75) is 11.1 Å². The van der Waals surface area contributed by atoms with E-state index in [-0.39, 0.29) is 16.9 Å². The van der Waals surface area contributed by atoms with Crippen molar-refractivity contribution in [2.24, 2.45) is 5.14 Å². The molecule has 1 aromatic heterocycles. The Balaban J connectivity index is 2.23. The van der Waals surface area contributed by atoms with Gasteiger partial charge >= 0.3 is 6.18 Å². The van der Waals surface area contributed by atoms with Gasteiger partial charge in [-0.25, -0.2) is 27.0 Å². The lowest BCUT2D eigenvalue weighted by molar-refractivity contribution is -0.141. The molecule has 0 saturated heterocycles. The largest absolute Gasteiger partial charge is 0.435 e.